The molecule has 5 heteroatoms. The Morgan fingerprint density at radius 1 is 1.00 bits per heavy atom. The molecule has 21 heavy (non-hydrogen) atoms. The van der Waals surface area contributed by atoms with Gasteiger partial charge in [0.1, 0.15) is 6.54 Å². The summed E-state index contributed by atoms with van der Waals surface area (Å²) in [5, 5.41) is 9.08. The lowest BCUT2D eigenvalue weighted by Gasteiger charge is -2.31. The first-order chi connectivity index (χ1) is 10.2. The van der Waals surface area contributed by atoms with Crippen LogP contribution in [0.5, 0.6) is 0 Å². The van der Waals surface area contributed by atoms with Crippen molar-refractivity contribution >= 4 is 17.7 Å². The van der Waals surface area contributed by atoms with Crippen molar-refractivity contribution in [1.82, 2.24) is 4.90 Å². The van der Waals surface area contributed by atoms with Gasteiger partial charge in [0.2, 0.25) is 0 Å². The second-order valence-electron chi connectivity index (χ2n) is 5.35. The minimum Gasteiger partial charge on any atom is -0.480 e. The number of benzene rings is 1. The molecule has 0 unspecified atom stereocenters. The standard InChI is InChI=1S/C16H22N2O3/c19-15(20)13-18(14-9-5-4-6-10-14)16(21)17-11-7-2-1-3-8-12-17/h4-6,9-10H,1-3,7-8,11-13H2,(H,19,20). The van der Waals surface area contributed by atoms with Crippen LogP contribution in [-0.4, -0.2) is 41.6 Å². The van der Waals surface area contributed by atoms with Crippen molar-refractivity contribution < 1.29 is 14.7 Å². The van der Waals surface area contributed by atoms with Crippen LogP contribution < -0.4 is 4.90 Å². The highest BCUT2D eigenvalue weighted by atomic mass is 16.4. The molecular weight excluding hydrogens is 268 g/mol. The fraction of sp³-hybridized carbons (Fsp3) is 0.500. The Bertz CT molecular complexity index is 468. The van der Waals surface area contributed by atoms with Crippen molar-refractivity contribution in [2.75, 3.05) is 24.5 Å². The molecule has 1 aromatic carbocycles. The quantitative estimate of drug-likeness (QED) is 0.931. The van der Waals surface area contributed by atoms with E-state index in [0.29, 0.717) is 18.8 Å². The molecule has 1 aliphatic rings. The van der Waals surface area contributed by atoms with Gasteiger partial charge in [-0.15, -0.1) is 0 Å². The number of carbonyl (C=O) groups is 2. The summed E-state index contributed by atoms with van der Waals surface area (Å²) < 4.78 is 0. The lowest BCUT2D eigenvalue weighted by atomic mass is 10.1. The van der Waals surface area contributed by atoms with Gasteiger partial charge in [-0.1, -0.05) is 37.5 Å². The summed E-state index contributed by atoms with van der Waals surface area (Å²) in [6.07, 6.45) is 5.46. The zero-order valence-corrected chi connectivity index (χ0v) is 12.2. The van der Waals surface area contributed by atoms with E-state index < -0.39 is 5.97 Å². The highest BCUT2D eigenvalue weighted by Gasteiger charge is 2.24. The molecule has 1 aromatic rings. The molecule has 1 fully saturated rings. The van der Waals surface area contributed by atoms with E-state index in [2.05, 4.69) is 0 Å². The Balaban J connectivity index is 2.14. The van der Waals surface area contributed by atoms with Gasteiger partial charge in [-0.05, 0) is 25.0 Å². The van der Waals surface area contributed by atoms with Crippen molar-refractivity contribution in [3.63, 3.8) is 0 Å². The molecule has 2 rings (SSSR count). The maximum Gasteiger partial charge on any atom is 0.325 e. The van der Waals surface area contributed by atoms with Crippen LogP contribution in [0.4, 0.5) is 10.5 Å². The lowest BCUT2D eigenvalue weighted by Crippen LogP contribution is -2.46. The third kappa shape index (κ3) is 4.48. The van der Waals surface area contributed by atoms with Gasteiger partial charge >= 0.3 is 12.0 Å². The van der Waals surface area contributed by atoms with Crippen LogP contribution in [-0.2, 0) is 4.79 Å². The lowest BCUT2D eigenvalue weighted by molar-refractivity contribution is -0.135. The zero-order valence-electron chi connectivity index (χ0n) is 12.2. The Labute approximate surface area is 125 Å². The molecule has 114 valence electrons. The Morgan fingerprint density at radius 3 is 2.14 bits per heavy atom. The third-order valence-corrected chi connectivity index (χ3v) is 3.72. The first kappa shape index (κ1) is 15.4. The van der Waals surface area contributed by atoms with Crippen molar-refractivity contribution in [2.24, 2.45) is 0 Å². The van der Waals surface area contributed by atoms with Gasteiger partial charge in [0.25, 0.3) is 0 Å². The first-order valence-corrected chi connectivity index (χ1v) is 7.52. The topological polar surface area (TPSA) is 60.9 Å². The highest BCUT2D eigenvalue weighted by Crippen LogP contribution is 2.18. The smallest absolute Gasteiger partial charge is 0.325 e. The predicted octanol–water partition coefficient (Wildman–Crippen LogP) is 2.96. The number of amides is 2. The molecule has 1 heterocycles. The molecule has 5 nitrogen and oxygen atoms in total. The molecule has 1 aliphatic heterocycles. The molecule has 0 aromatic heterocycles. The van der Waals surface area contributed by atoms with Crippen LogP contribution in [0.3, 0.4) is 0 Å². The average Bonchev–Trinajstić information content (AvgIpc) is 2.44. The molecule has 0 spiro atoms. The number of anilines is 1. The number of nitrogens with zero attached hydrogens (tertiary/aromatic N) is 2. The molecule has 2 amide bonds. The van der Waals surface area contributed by atoms with Crippen LogP contribution in [0, 0.1) is 0 Å². The van der Waals surface area contributed by atoms with Crippen molar-refractivity contribution in [2.45, 2.75) is 32.1 Å². The van der Waals surface area contributed by atoms with E-state index in [1.807, 2.05) is 18.2 Å². The molecule has 0 aliphatic carbocycles. The molecule has 1 N–H and O–H groups in total. The van der Waals surface area contributed by atoms with Gasteiger partial charge in [-0.3, -0.25) is 9.69 Å². The van der Waals surface area contributed by atoms with Crippen molar-refractivity contribution in [3.8, 4) is 0 Å². The SMILES string of the molecule is O=C(O)CN(C(=O)N1CCCCCCC1)c1ccccc1. The number of urea groups is 1. The van der Waals surface area contributed by atoms with E-state index >= 15 is 0 Å². The number of hydrogen-bond acceptors (Lipinski definition) is 2. The number of aliphatic carboxylic acids is 1. The van der Waals surface area contributed by atoms with E-state index in [1.54, 1.807) is 17.0 Å². The van der Waals surface area contributed by atoms with Gasteiger partial charge in [0, 0.05) is 18.8 Å². The Kier molecular flexibility index (Phi) is 5.60. The molecular formula is C16H22N2O3. The fourth-order valence-corrected chi connectivity index (χ4v) is 2.62. The number of carboxylic acid groups (broad SMARTS) is 1. The maximum absolute atomic E-state index is 12.7. The van der Waals surface area contributed by atoms with E-state index in [4.69, 9.17) is 5.11 Å². The summed E-state index contributed by atoms with van der Waals surface area (Å²) in [7, 11) is 0. The average molecular weight is 290 g/mol. The summed E-state index contributed by atoms with van der Waals surface area (Å²) in [4.78, 5) is 26.9. The van der Waals surface area contributed by atoms with Gasteiger partial charge in [-0.25, -0.2) is 4.79 Å². The molecule has 0 radical (unpaired) electrons. The predicted molar refractivity (Wildman–Crippen MR) is 81.5 cm³/mol. The van der Waals surface area contributed by atoms with Gasteiger partial charge in [0.05, 0.1) is 0 Å². The summed E-state index contributed by atoms with van der Waals surface area (Å²) in [6, 6.07) is 8.81. The normalized spacial score (nSPS) is 15.9. The molecule has 0 bridgehead atoms. The third-order valence-electron chi connectivity index (χ3n) is 3.72. The number of rotatable bonds is 3. The summed E-state index contributed by atoms with van der Waals surface area (Å²) in [5.41, 5.74) is 0.631. The second-order valence-corrected chi connectivity index (χ2v) is 5.35. The van der Waals surface area contributed by atoms with Crippen molar-refractivity contribution in [1.29, 1.82) is 0 Å². The molecule has 0 saturated carbocycles. The number of likely N-dealkylation sites (tertiary alicyclic amines) is 1. The number of carbonyl (C=O) groups excluding carboxylic acids is 1. The Hall–Kier alpha value is -2.04. The maximum atomic E-state index is 12.7. The van der Waals surface area contributed by atoms with Gasteiger partial charge in [-0.2, -0.15) is 0 Å². The second kappa shape index (κ2) is 7.67. The monoisotopic (exact) mass is 290 g/mol. The van der Waals surface area contributed by atoms with Crippen LogP contribution in [0.25, 0.3) is 0 Å². The van der Waals surface area contributed by atoms with E-state index in [1.165, 1.54) is 11.3 Å². The van der Waals surface area contributed by atoms with Gasteiger partial charge in [0.15, 0.2) is 0 Å². The largest absolute Gasteiger partial charge is 0.480 e. The summed E-state index contributed by atoms with van der Waals surface area (Å²) in [5.74, 6) is -1.00. The van der Waals surface area contributed by atoms with Crippen LogP contribution in [0.15, 0.2) is 30.3 Å². The number of para-hydroxylation sites is 1. The van der Waals surface area contributed by atoms with Crippen LogP contribution in [0.1, 0.15) is 32.1 Å². The molecule has 0 atom stereocenters. The Morgan fingerprint density at radius 2 is 1.57 bits per heavy atom. The van der Waals surface area contributed by atoms with E-state index in [-0.39, 0.29) is 12.6 Å². The minimum atomic E-state index is -1.00. The molecule has 1 saturated heterocycles. The van der Waals surface area contributed by atoms with Gasteiger partial charge < -0.3 is 10.0 Å². The minimum absolute atomic E-state index is 0.203. The zero-order chi connectivity index (χ0) is 15.1. The summed E-state index contributed by atoms with van der Waals surface area (Å²) >= 11 is 0. The first-order valence-electron chi connectivity index (χ1n) is 7.52. The number of hydrogen-bond donors (Lipinski definition) is 1. The van der Waals surface area contributed by atoms with Crippen LogP contribution in [0.2, 0.25) is 0 Å². The van der Waals surface area contributed by atoms with E-state index in [0.717, 1.165) is 25.7 Å². The van der Waals surface area contributed by atoms with Crippen LogP contribution >= 0.6 is 0 Å². The fourth-order valence-electron chi connectivity index (χ4n) is 2.62. The summed E-state index contributed by atoms with van der Waals surface area (Å²) in [6.45, 7) is 1.11. The van der Waals surface area contributed by atoms with E-state index in [9.17, 15) is 9.59 Å². The number of carboxylic acids is 1. The highest BCUT2D eigenvalue weighted by molar-refractivity contribution is 5.96. The van der Waals surface area contributed by atoms with Crippen molar-refractivity contribution in [3.05, 3.63) is 30.3 Å².